The molecule has 0 N–H and O–H groups in total. The minimum absolute atomic E-state index is 0. The van der Waals surface area contributed by atoms with Crippen molar-refractivity contribution in [2.24, 2.45) is 11.3 Å². The molecule has 3 saturated heterocycles. The molecule has 3 aliphatic rings. The number of hydrogen-bond acceptors (Lipinski definition) is 3. The molecule has 4 nitrogen and oxygen atoms in total. The smallest absolute Gasteiger partial charge is 0.222 e. The molecule has 36 heavy (non-hydrogen) atoms. The predicted molar refractivity (Wildman–Crippen MR) is 161 cm³/mol. The van der Waals surface area contributed by atoms with E-state index in [2.05, 4.69) is 79.2 Å². The van der Waals surface area contributed by atoms with Crippen LogP contribution in [0.1, 0.15) is 130 Å². The summed E-state index contributed by atoms with van der Waals surface area (Å²) in [4.78, 5) is 18.1. The maximum Gasteiger partial charge on any atom is 0.222 e. The molecule has 3 heterocycles. The van der Waals surface area contributed by atoms with Crippen molar-refractivity contribution in [3.63, 3.8) is 0 Å². The fraction of sp³-hybridized carbons (Fsp3) is 0.968. The van der Waals surface area contributed by atoms with Gasteiger partial charge >= 0.3 is 0 Å². The van der Waals surface area contributed by atoms with Crippen LogP contribution in [-0.4, -0.2) is 77.6 Å². The van der Waals surface area contributed by atoms with E-state index in [-0.39, 0.29) is 33.4 Å². The summed E-state index contributed by atoms with van der Waals surface area (Å²) in [5, 5.41) is 0. The molecule has 3 fully saturated rings. The highest BCUT2D eigenvalue weighted by Gasteiger charge is 2.29. The fourth-order valence-corrected chi connectivity index (χ4v) is 4.91. The number of halogens is 1. The first kappa shape index (κ1) is 39.8. The molecule has 0 aromatic heterocycles. The fourth-order valence-electron chi connectivity index (χ4n) is 4.91. The van der Waals surface area contributed by atoms with Crippen molar-refractivity contribution in [2.75, 3.05) is 39.8 Å². The Morgan fingerprint density at radius 2 is 1.17 bits per heavy atom. The number of rotatable bonds is 0. The van der Waals surface area contributed by atoms with Crippen LogP contribution in [0, 0.1) is 11.3 Å². The van der Waals surface area contributed by atoms with Crippen LogP contribution in [0.25, 0.3) is 0 Å². The zero-order valence-electron chi connectivity index (χ0n) is 23.8. The first-order valence-electron chi connectivity index (χ1n) is 13.4. The molecule has 0 saturated carbocycles. The number of carbonyl (C=O) groups excluding carboxylic acids is 1. The first-order chi connectivity index (χ1) is 15.0. The highest BCUT2D eigenvalue weighted by molar-refractivity contribution is 5.77. The van der Waals surface area contributed by atoms with Crippen molar-refractivity contribution >= 4 is 5.91 Å². The Bertz CT molecular complexity index is 526. The van der Waals surface area contributed by atoms with Crippen LogP contribution in [0.4, 0.5) is 4.39 Å². The standard InChI is InChI=1S/C10H21N.C9H18FN.C9H17NO.3CH4/c1-10(2,3)9-5-7-11(4)8-6-9;1-9(2,3)11-6-4-8(10)5-7-11;1-9(2,3)10-7-5-4-6-8(10)11;;;/h9H,5-8H2,1-4H3;8H,4-7H2,1-3H3;4-7H2,1-3H3;3*1H4. The summed E-state index contributed by atoms with van der Waals surface area (Å²) >= 11 is 0. The second-order valence-corrected chi connectivity index (χ2v) is 13.4. The SMILES string of the molecule is C.C.C.CC(C)(C)N1CCC(F)CC1.CC(C)(C)N1CCCCC1=O.CN1CCC(C(C)(C)C)CC1. The van der Waals surface area contributed by atoms with E-state index >= 15 is 0 Å². The topological polar surface area (TPSA) is 26.8 Å². The van der Waals surface area contributed by atoms with Gasteiger partial charge in [-0.3, -0.25) is 9.69 Å². The lowest BCUT2D eigenvalue weighted by atomic mass is 9.75. The van der Waals surface area contributed by atoms with Gasteiger partial charge in [-0.1, -0.05) is 43.1 Å². The molecule has 0 aromatic carbocycles. The van der Waals surface area contributed by atoms with Crippen LogP contribution in [0.3, 0.4) is 0 Å². The lowest BCUT2D eigenvalue weighted by molar-refractivity contribution is -0.138. The van der Waals surface area contributed by atoms with E-state index in [1.165, 1.54) is 32.4 Å². The number of carbonyl (C=O) groups is 1. The average molecular weight is 518 g/mol. The van der Waals surface area contributed by atoms with E-state index in [4.69, 9.17) is 0 Å². The molecule has 1 amide bonds. The zero-order chi connectivity index (χ0) is 25.4. The Labute approximate surface area is 227 Å². The highest BCUT2D eigenvalue weighted by atomic mass is 19.1. The summed E-state index contributed by atoms with van der Waals surface area (Å²) in [7, 11) is 2.22. The average Bonchev–Trinajstić information content (AvgIpc) is 2.68. The molecule has 3 rings (SSSR count). The van der Waals surface area contributed by atoms with Crippen LogP contribution in [-0.2, 0) is 4.79 Å². The lowest BCUT2D eigenvalue weighted by Crippen LogP contribution is -2.47. The van der Waals surface area contributed by atoms with Crippen molar-refractivity contribution in [3.8, 4) is 0 Å². The molecule has 220 valence electrons. The zero-order valence-corrected chi connectivity index (χ0v) is 23.8. The van der Waals surface area contributed by atoms with Crippen LogP contribution in [0.15, 0.2) is 0 Å². The maximum absolute atomic E-state index is 12.7. The third-order valence-electron chi connectivity index (χ3n) is 7.45. The van der Waals surface area contributed by atoms with E-state index < -0.39 is 6.17 Å². The van der Waals surface area contributed by atoms with E-state index in [1.807, 2.05) is 4.90 Å². The Kier molecular flexibility index (Phi) is 18.8. The number of amides is 1. The summed E-state index contributed by atoms with van der Waals surface area (Å²) in [6.45, 7) is 25.3. The van der Waals surface area contributed by atoms with Crippen molar-refractivity contribution in [1.82, 2.24) is 14.7 Å². The highest BCUT2D eigenvalue weighted by Crippen LogP contribution is 2.33. The van der Waals surface area contributed by atoms with E-state index in [0.29, 0.717) is 11.3 Å². The Balaban J connectivity index is -0.000000436. The van der Waals surface area contributed by atoms with Crippen LogP contribution in [0.2, 0.25) is 0 Å². The van der Waals surface area contributed by atoms with E-state index in [0.717, 1.165) is 51.2 Å². The molecule has 0 spiro atoms. The van der Waals surface area contributed by atoms with Crippen LogP contribution in [0.5, 0.6) is 0 Å². The third-order valence-corrected chi connectivity index (χ3v) is 7.45. The number of piperidine rings is 3. The summed E-state index contributed by atoms with van der Waals surface area (Å²) < 4.78 is 12.7. The molecule has 0 unspecified atom stereocenters. The maximum atomic E-state index is 12.7. The van der Waals surface area contributed by atoms with Gasteiger partial charge in [0.2, 0.25) is 5.91 Å². The minimum atomic E-state index is -0.548. The largest absolute Gasteiger partial charge is 0.338 e. The third kappa shape index (κ3) is 14.9. The Hall–Kier alpha value is -0.680. The van der Waals surface area contributed by atoms with Gasteiger partial charge in [-0.25, -0.2) is 4.39 Å². The molecule has 0 aromatic rings. The molecule has 0 atom stereocenters. The summed E-state index contributed by atoms with van der Waals surface area (Å²) in [5.74, 6) is 1.27. The molecule has 0 radical (unpaired) electrons. The van der Waals surface area contributed by atoms with Gasteiger partial charge in [0, 0.05) is 37.1 Å². The molecule has 5 heteroatoms. The summed E-state index contributed by atoms with van der Waals surface area (Å²) in [6, 6.07) is 0. The van der Waals surface area contributed by atoms with Gasteiger partial charge in [0.25, 0.3) is 0 Å². The van der Waals surface area contributed by atoms with Gasteiger partial charge < -0.3 is 9.80 Å². The second-order valence-electron chi connectivity index (χ2n) is 13.4. The van der Waals surface area contributed by atoms with Crippen LogP contribution < -0.4 is 0 Å². The van der Waals surface area contributed by atoms with Crippen molar-refractivity contribution in [3.05, 3.63) is 0 Å². The van der Waals surface area contributed by atoms with Gasteiger partial charge in [-0.05, 0) is 112 Å². The van der Waals surface area contributed by atoms with Gasteiger partial charge in [-0.2, -0.15) is 0 Å². The molecule has 3 aliphatic heterocycles. The summed E-state index contributed by atoms with van der Waals surface area (Å²) in [6.07, 6.45) is 6.66. The minimum Gasteiger partial charge on any atom is -0.338 e. The first-order valence-corrected chi connectivity index (χ1v) is 13.4. The van der Waals surface area contributed by atoms with Gasteiger partial charge in [0.1, 0.15) is 6.17 Å². The number of nitrogens with zero attached hydrogens (tertiary/aromatic N) is 3. The molecule has 0 aliphatic carbocycles. The van der Waals surface area contributed by atoms with Gasteiger partial charge in [-0.15, -0.1) is 0 Å². The monoisotopic (exact) mass is 518 g/mol. The van der Waals surface area contributed by atoms with Crippen molar-refractivity contribution in [2.45, 2.75) is 147 Å². The molecular weight excluding hydrogens is 449 g/mol. The molecular formula is C31H68FN3O. The van der Waals surface area contributed by atoms with E-state index in [9.17, 15) is 9.18 Å². The van der Waals surface area contributed by atoms with Gasteiger partial charge in [0.05, 0.1) is 0 Å². The van der Waals surface area contributed by atoms with Crippen molar-refractivity contribution in [1.29, 1.82) is 0 Å². The van der Waals surface area contributed by atoms with Gasteiger partial charge in [0.15, 0.2) is 0 Å². The normalized spacial score (nSPS) is 21.0. The quantitative estimate of drug-likeness (QED) is 0.323. The predicted octanol–water partition coefficient (Wildman–Crippen LogP) is 8.30. The number of alkyl halides is 1. The number of likely N-dealkylation sites (tertiary alicyclic amines) is 3. The Morgan fingerprint density at radius 3 is 1.50 bits per heavy atom. The van der Waals surface area contributed by atoms with E-state index in [1.54, 1.807) is 0 Å². The van der Waals surface area contributed by atoms with Crippen LogP contribution >= 0.6 is 0 Å². The second kappa shape index (κ2) is 17.0. The number of hydrogen-bond donors (Lipinski definition) is 0. The lowest BCUT2D eigenvalue weighted by Gasteiger charge is -2.39. The summed E-state index contributed by atoms with van der Waals surface area (Å²) in [5.41, 5.74) is 0.777. The Morgan fingerprint density at radius 1 is 0.694 bits per heavy atom. The molecule has 0 bridgehead atoms. The van der Waals surface area contributed by atoms with Crippen molar-refractivity contribution < 1.29 is 9.18 Å².